The number of hydrogen-bond acceptors (Lipinski definition) is 2. The molecule has 0 atom stereocenters. The maximum absolute atomic E-state index is 11.0. The molecule has 0 bridgehead atoms. The summed E-state index contributed by atoms with van der Waals surface area (Å²) in [6.07, 6.45) is 0. The lowest BCUT2D eigenvalue weighted by Gasteiger charge is -2.05. The first-order valence-electron chi connectivity index (χ1n) is 3.31. The van der Waals surface area contributed by atoms with Crippen LogP contribution in [0, 0.1) is 6.92 Å². The van der Waals surface area contributed by atoms with E-state index >= 15 is 0 Å². The van der Waals surface area contributed by atoms with Crippen LogP contribution in [0.25, 0.3) is 0 Å². The van der Waals surface area contributed by atoms with Crippen LogP contribution in [-0.2, 0) is 10.0 Å². The minimum Gasteiger partial charge on any atom is -0.225 e. The fourth-order valence-corrected chi connectivity index (χ4v) is 2.81. The third-order valence-electron chi connectivity index (χ3n) is 1.59. The van der Waals surface area contributed by atoms with Crippen LogP contribution in [0.5, 0.6) is 0 Å². The molecule has 0 aromatic heterocycles. The van der Waals surface area contributed by atoms with E-state index in [4.69, 9.17) is 16.7 Å². The third-order valence-corrected chi connectivity index (χ3v) is 4.24. The van der Waals surface area contributed by atoms with E-state index in [1.165, 1.54) is 12.1 Å². The van der Waals surface area contributed by atoms with E-state index in [0.29, 0.717) is 15.1 Å². The van der Waals surface area contributed by atoms with Crippen molar-refractivity contribution in [3.8, 4) is 0 Å². The number of nitrogens with two attached hydrogens (primary N) is 1. The molecule has 72 valence electrons. The predicted octanol–water partition coefficient (Wildman–Crippen LogP) is 2.06. The molecule has 6 heteroatoms. The van der Waals surface area contributed by atoms with Gasteiger partial charge in [-0.2, -0.15) is 0 Å². The average molecular weight is 285 g/mol. The van der Waals surface area contributed by atoms with E-state index in [9.17, 15) is 8.42 Å². The molecule has 0 amide bonds. The second-order valence-corrected chi connectivity index (χ2v) is 5.26. The molecule has 0 fully saturated rings. The van der Waals surface area contributed by atoms with Gasteiger partial charge in [0.1, 0.15) is 0 Å². The first kappa shape index (κ1) is 11.0. The summed E-state index contributed by atoms with van der Waals surface area (Å²) in [5, 5.41) is 5.48. The van der Waals surface area contributed by atoms with Crippen molar-refractivity contribution >= 4 is 37.6 Å². The van der Waals surface area contributed by atoms with Crippen molar-refractivity contribution in [3.63, 3.8) is 0 Å². The number of benzene rings is 1. The lowest BCUT2D eigenvalue weighted by atomic mass is 10.2. The lowest BCUT2D eigenvalue weighted by Crippen LogP contribution is -2.13. The van der Waals surface area contributed by atoms with Gasteiger partial charge < -0.3 is 0 Å². The lowest BCUT2D eigenvalue weighted by molar-refractivity contribution is 0.597. The largest absolute Gasteiger partial charge is 0.239 e. The molecule has 0 saturated carbocycles. The Bertz CT molecular complexity index is 444. The highest BCUT2D eigenvalue weighted by molar-refractivity contribution is 9.10. The fourth-order valence-electron chi connectivity index (χ4n) is 0.856. The third kappa shape index (κ3) is 2.22. The Balaban J connectivity index is 3.53. The van der Waals surface area contributed by atoms with E-state index in [1.807, 2.05) is 0 Å². The fraction of sp³-hybridized carbons (Fsp3) is 0.143. The zero-order valence-electron chi connectivity index (χ0n) is 6.71. The van der Waals surface area contributed by atoms with Gasteiger partial charge in [0.05, 0.1) is 4.90 Å². The van der Waals surface area contributed by atoms with Crippen LogP contribution in [0.4, 0.5) is 0 Å². The van der Waals surface area contributed by atoms with E-state index in [1.54, 1.807) is 6.92 Å². The van der Waals surface area contributed by atoms with E-state index in [-0.39, 0.29) is 4.90 Å². The molecule has 1 aromatic carbocycles. The predicted molar refractivity (Wildman–Crippen MR) is 55.3 cm³/mol. The highest BCUT2D eigenvalue weighted by Gasteiger charge is 2.15. The molecule has 1 aromatic rings. The molecule has 0 aliphatic rings. The number of hydrogen-bond donors (Lipinski definition) is 1. The van der Waals surface area contributed by atoms with Crippen LogP contribution >= 0.6 is 27.5 Å². The van der Waals surface area contributed by atoms with E-state index < -0.39 is 10.0 Å². The van der Waals surface area contributed by atoms with E-state index in [0.717, 1.165) is 0 Å². The second kappa shape index (κ2) is 3.57. The van der Waals surface area contributed by atoms with Gasteiger partial charge in [-0.25, -0.2) is 13.6 Å². The Hall–Kier alpha value is -0.100. The van der Waals surface area contributed by atoms with Gasteiger partial charge in [-0.15, -0.1) is 0 Å². The van der Waals surface area contributed by atoms with Gasteiger partial charge in [-0.1, -0.05) is 11.6 Å². The molecule has 2 N–H and O–H groups in total. The average Bonchev–Trinajstić information content (AvgIpc) is 1.98. The first-order chi connectivity index (χ1) is 5.84. The quantitative estimate of drug-likeness (QED) is 0.858. The van der Waals surface area contributed by atoms with Crippen LogP contribution in [0.2, 0.25) is 5.02 Å². The van der Waals surface area contributed by atoms with Crippen LogP contribution < -0.4 is 5.14 Å². The van der Waals surface area contributed by atoms with E-state index in [2.05, 4.69) is 15.9 Å². The SMILES string of the molecule is Cc1c(Cl)ccc(S(N)(=O)=O)c1Br. The molecule has 0 radical (unpaired) electrons. The van der Waals surface area contributed by atoms with Crippen molar-refractivity contribution in [2.75, 3.05) is 0 Å². The normalized spacial score (nSPS) is 11.7. The molecule has 1 rings (SSSR count). The van der Waals surface area contributed by atoms with Crippen LogP contribution in [-0.4, -0.2) is 8.42 Å². The summed E-state index contributed by atoms with van der Waals surface area (Å²) in [7, 11) is -3.68. The zero-order chi connectivity index (χ0) is 10.2. The monoisotopic (exact) mass is 283 g/mol. The summed E-state index contributed by atoms with van der Waals surface area (Å²) < 4.78 is 22.5. The highest BCUT2D eigenvalue weighted by Crippen LogP contribution is 2.29. The van der Waals surface area contributed by atoms with Crippen molar-refractivity contribution in [1.82, 2.24) is 0 Å². The highest BCUT2D eigenvalue weighted by atomic mass is 79.9. The van der Waals surface area contributed by atoms with Gasteiger partial charge in [-0.05, 0) is 40.5 Å². The Morgan fingerprint density at radius 3 is 2.46 bits per heavy atom. The Morgan fingerprint density at radius 2 is 2.00 bits per heavy atom. The molecule has 0 heterocycles. The first-order valence-corrected chi connectivity index (χ1v) is 6.03. The summed E-state index contributed by atoms with van der Waals surface area (Å²) >= 11 is 8.89. The van der Waals surface area contributed by atoms with Crippen molar-refractivity contribution < 1.29 is 8.42 Å². The molecule has 0 saturated heterocycles. The Kier molecular flexibility index (Phi) is 3.01. The number of halogens is 2. The number of rotatable bonds is 1. The van der Waals surface area contributed by atoms with Crippen molar-refractivity contribution in [2.45, 2.75) is 11.8 Å². The van der Waals surface area contributed by atoms with Gasteiger partial charge in [0.25, 0.3) is 0 Å². The standard InChI is InChI=1S/C7H7BrClNO2S/c1-4-5(9)2-3-6(7(4)8)13(10,11)12/h2-3H,1H3,(H2,10,11,12). The van der Waals surface area contributed by atoms with Crippen LogP contribution in [0.3, 0.4) is 0 Å². The van der Waals surface area contributed by atoms with Crippen molar-refractivity contribution in [2.24, 2.45) is 5.14 Å². The van der Waals surface area contributed by atoms with Gasteiger partial charge >= 0.3 is 0 Å². The number of sulfonamides is 1. The van der Waals surface area contributed by atoms with Crippen molar-refractivity contribution in [3.05, 3.63) is 27.2 Å². The van der Waals surface area contributed by atoms with Gasteiger partial charge in [0.2, 0.25) is 10.0 Å². The van der Waals surface area contributed by atoms with Gasteiger partial charge in [-0.3, -0.25) is 0 Å². The zero-order valence-corrected chi connectivity index (χ0v) is 9.87. The summed E-state index contributed by atoms with van der Waals surface area (Å²) in [6.45, 7) is 1.71. The van der Waals surface area contributed by atoms with Gasteiger partial charge in [0.15, 0.2) is 0 Å². The molecular formula is C7H7BrClNO2S. The summed E-state index contributed by atoms with van der Waals surface area (Å²) in [6, 6.07) is 2.87. The molecule has 0 unspecified atom stereocenters. The minimum atomic E-state index is -3.68. The summed E-state index contributed by atoms with van der Waals surface area (Å²) in [4.78, 5) is 0.0504. The summed E-state index contributed by atoms with van der Waals surface area (Å²) in [5.74, 6) is 0. The van der Waals surface area contributed by atoms with Crippen LogP contribution in [0.1, 0.15) is 5.56 Å². The maximum Gasteiger partial charge on any atom is 0.239 e. The smallest absolute Gasteiger partial charge is 0.225 e. The molecule has 0 aliphatic heterocycles. The Morgan fingerprint density at radius 1 is 1.46 bits per heavy atom. The summed E-state index contributed by atoms with van der Waals surface area (Å²) in [5.41, 5.74) is 0.660. The minimum absolute atomic E-state index is 0.0504. The van der Waals surface area contributed by atoms with Crippen LogP contribution in [0.15, 0.2) is 21.5 Å². The molecule has 3 nitrogen and oxygen atoms in total. The maximum atomic E-state index is 11.0. The Labute approximate surface area is 90.1 Å². The number of primary sulfonamides is 1. The molecular weight excluding hydrogens is 278 g/mol. The van der Waals surface area contributed by atoms with Gasteiger partial charge in [0, 0.05) is 9.50 Å². The molecule has 13 heavy (non-hydrogen) atoms. The molecule has 0 aliphatic carbocycles. The molecule has 0 spiro atoms. The topological polar surface area (TPSA) is 60.2 Å². The van der Waals surface area contributed by atoms with Crippen molar-refractivity contribution in [1.29, 1.82) is 0 Å². The second-order valence-electron chi connectivity index (χ2n) is 2.53.